The second-order valence-electron chi connectivity index (χ2n) is 8.41. The number of halogens is 2. The molecule has 0 spiro atoms. The smallest absolute Gasteiger partial charge is 0.307 e. The van der Waals surface area contributed by atoms with Crippen LogP contribution in [-0.2, 0) is 0 Å². The van der Waals surface area contributed by atoms with Crippen molar-refractivity contribution in [3.8, 4) is 0 Å². The van der Waals surface area contributed by atoms with E-state index in [0.717, 1.165) is 26.3 Å². The van der Waals surface area contributed by atoms with Gasteiger partial charge in [-0.3, -0.25) is 4.79 Å². The fraction of sp³-hybridized carbons (Fsp3) is 0.304. The SMILES string of the molecule is CC1CC(C)(C)N(C)c2ccc(/C=N\NC(=O)c3cc4cc(Br)cc(Br)c4o3)cc21. The zero-order valence-corrected chi connectivity index (χ0v) is 20.5. The number of carbonyl (C=O) groups excluding carboxylic acids is 1. The minimum Gasteiger partial charge on any atom is -0.450 e. The lowest BCUT2D eigenvalue weighted by molar-refractivity contribution is 0.0929. The highest BCUT2D eigenvalue weighted by Gasteiger charge is 2.33. The molecule has 1 unspecified atom stereocenters. The molecule has 1 aliphatic heterocycles. The van der Waals surface area contributed by atoms with Crippen molar-refractivity contribution in [2.75, 3.05) is 11.9 Å². The van der Waals surface area contributed by atoms with E-state index in [1.807, 2.05) is 18.2 Å². The molecule has 2 aromatic carbocycles. The number of amides is 1. The minimum atomic E-state index is -0.390. The van der Waals surface area contributed by atoms with E-state index in [0.29, 0.717) is 11.5 Å². The molecule has 4 rings (SSSR count). The average molecular weight is 533 g/mol. The van der Waals surface area contributed by atoms with Crippen LogP contribution in [0.4, 0.5) is 5.69 Å². The fourth-order valence-electron chi connectivity index (χ4n) is 4.08. The quantitative estimate of drug-likeness (QED) is 0.311. The Morgan fingerprint density at radius 2 is 2.03 bits per heavy atom. The van der Waals surface area contributed by atoms with Gasteiger partial charge >= 0.3 is 5.91 Å². The number of carbonyl (C=O) groups is 1. The maximum absolute atomic E-state index is 12.4. The summed E-state index contributed by atoms with van der Waals surface area (Å²) in [7, 11) is 2.14. The van der Waals surface area contributed by atoms with Crippen LogP contribution < -0.4 is 10.3 Å². The Balaban J connectivity index is 1.51. The lowest BCUT2D eigenvalue weighted by atomic mass is 9.80. The fourth-order valence-corrected chi connectivity index (χ4v) is 5.42. The number of fused-ring (bicyclic) bond motifs is 2. The van der Waals surface area contributed by atoms with Gasteiger partial charge in [0.2, 0.25) is 0 Å². The monoisotopic (exact) mass is 531 g/mol. The number of anilines is 1. The zero-order chi connectivity index (χ0) is 21.6. The van der Waals surface area contributed by atoms with Crippen LogP contribution in [0.15, 0.2) is 54.9 Å². The number of nitrogens with zero attached hydrogens (tertiary/aromatic N) is 2. The van der Waals surface area contributed by atoms with Crippen molar-refractivity contribution in [2.45, 2.75) is 38.6 Å². The van der Waals surface area contributed by atoms with Gasteiger partial charge in [-0.05, 0) is 83.6 Å². The van der Waals surface area contributed by atoms with Crippen LogP contribution in [0.2, 0.25) is 0 Å². The summed E-state index contributed by atoms with van der Waals surface area (Å²) in [4.78, 5) is 14.8. The van der Waals surface area contributed by atoms with Gasteiger partial charge in [-0.25, -0.2) is 5.43 Å². The van der Waals surface area contributed by atoms with E-state index < -0.39 is 5.91 Å². The summed E-state index contributed by atoms with van der Waals surface area (Å²) < 4.78 is 7.37. The second-order valence-corrected chi connectivity index (χ2v) is 10.2. The number of furan rings is 1. The molecule has 0 saturated carbocycles. The van der Waals surface area contributed by atoms with Crippen LogP contribution in [0.3, 0.4) is 0 Å². The third-order valence-electron chi connectivity index (χ3n) is 5.80. The number of hydrogen-bond acceptors (Lipinski definition) is 4. The van der Waals surface area contributed by atoms with E-state index in [4.69, 9.17) is 4.42 Å². The summed E-state index contributed by atoms with van der Waals surface area (Å²) in [5.41, 5.74) is 6.82. The van der Waals surface area contributed by atoms with Gasteiger partial charge in [-0.15, -0.1) is 0 Å². The van der Waals surface area contributed by atoms with Crippen LogP contribution in [-0.4, -0.2) is 24.7 Å². The van der Waals surface area contributed by atoms with Crippen molar-refractivity contribution in [3.05, 3.63) is 62.2 Å². The molecule has 1 aliphatic rings. The number of nitrogens with one attached hydrogen (secondary N) is 1. The number of benzene rings is 2. The van der Waals surface area contributed by atoms with E-state index in [1.54, 1.807) is 12.3 Å². The minimum absolute atomic E-state index is 0.132. The van der Waals surface area contributed by atoms with Gasteiger partial charge in [0.1, 0.15) is 5.58 Å². The Bertz CT molecular complexity index is 1170. The second kappa shape index (κ2) is 7.85. The predicted octanol–water partition coefficient (Wildman–Crippen LogP) is 6.44. The molecule has 0 fully saturated rings. The third-order valence-corrected chi connectivity index (χ3v) is 6.84. The van der Waals surface area contributed by atoms with Crippen LogP contribution in [0.1, 0.15) is 54.8 Å². The first-order chi connectivity index (χ1) is 14.2. The van der Waals surface area contributed by atoms with Gasteiger partial charge in [0.15, 0.2) is 5.76 Å². The maximum atomic E-state index is 12.4. The highest BCUT2D eigenvalue weighted by molar-refractivity contribution is 9.11. The van der Waals surface area contributed by atoms with Crippen LogP contribution in [0.5, 0.6) is 0 Å². The molecule has 1 N–H and O–H groups in total. The lowest BCUT2D eigenvalue weighted by Crippen LogP contribution is -2.45. The Morgan fingerprint density at radius 3 is 2.80 bits per heavy atom. The molecule has 0 aliphatic carbocycles. The maximum Gasteiger partial charge on any atom is 0.307 e. The predicted molar refractivity (Wildman–Crippen MR) is 129 cm³/mol. The number of hydrazone groups is 1. The van der Waals surface area contributed by atoms with E-state index in [-0.39, 0.29) is 11.3 Å². The van der Waals surface area contributed by atoms with Gasteiger partial charge < -0.3 is 9.32 Å². The first-order valence-electron chi connectivity index (χ1n) is 9.75. The summed E-state index contributed by atoms with van der Waals surface area (Å²) in [6, 6.07) is 11.8. The van der Waals surface area contributed by atoms with E-state index in [9.17, 15) is 4.79 Å². The molecular formula is C23H23Br2N3O2. The molecule has 0 radical (unpaired) electrons. The Hall–Kier alpha value is -2.12. The number of rotatable bonds is 3. The molecule has 156 valence electrons. The van der Waals surface area contributed by atoms with Crippen molar-refractivity contribution in [2.24, 2.45) is 5.10 Å². The molecule has 3 aromatic rings. The highest BCUT2D eigenvalue weighted by Crippen LogP contribution is 2.42. The largest absolute Gasteiger partial charge is 0.450 e. The van der Waals surface area contributed by atoms with Crippen LogP contribution in [0, 0.1) is 0 Å². The van der Waals surface area contributed by atoms with Gasteiger partial charge in [-0.1, -0.05) is 28.9 Å². The van der Waals surface area contributed by atoms with Crippen molar-refractivity contribution >= 4 is 60.6 Å². The van der Waals surface area contributed by atoms with Crippen LogP contribution >= 0.6 is 31.9 Å². The van der Waals surface area contributed by atoms with Gasteiger partial charge in [0.05, 0.1) is 10.7 Å². The molecule has 0 saturated heterocycles. The zero-order valence-electron chi connectivity index (χ0n) is 17.3. The van der Waals surface area contributed by atoms with Crippen molar-refractivity contribution in [1.82, 2.24) is 5.43 Å². The van der Waals surface area contributed by atoms with Crippen LogP contribution in [0.25, 0.3) is 11.0 Å². The molecule has 1 amide bonds. The summed E-state index contributed by atoms with van der Waals surface area (Å²) in [5, 5.41) is 4.96. The molecule has 30 heavy (non-hydrogen) atoms. The van der Waals surface area contributed by atoms with Crippen molar-refractivity contribution in [1.29, 1.82) is 0 Å². The molecule has 0 bridgehead atoms. The van der Waals surface area contributed by atoms with E-state index in [1.165, 1.54) is 11.3 Å². The van der Waals surface area contributed by atoms with E-state index in [2.05, 4.69) is 87.2 Å². The Morgan fingerprint density at radius 1 is 1.27 bits per heavy atom. The normalized spacial score (nSPS) is 18.1. The third kappa shape index (κ3) is 3.93. The summed E-state index contributed by atoms with van der Waals surface area (Å²) in [6.45, 7) is 6.80. The lowest BCUT2D eigenvalue weighted by Gasteiger charge is -2.45. The van der Waals surface area contributed by atoms with E-state index >= 15 is 0 Å². The summed E-state index contributed by atoms with van der Waals surface area (Å²) in [5.74, 6) is 0.282. The average Bonchev–Trinajstić information content (AvgIpc) is 3.10. The van der Waals surface area contributed by atoms with Crippen molar-refractivity contribution in [3.63, 3.8) is 0 Å². The molecular weight excluding hydrogens is 510 g/mol. The van der Waals surface area contributed by atoms with Gasteiger partial charge in [0.25, 0.3) is 0 Å². The standard InChI is InChI=1S/C23H23Br2N3O2/c1-13-11-23(2,3)28(4)19-6-5-14(7-17(13)19)12-26-27-22(29)20-9-15-8-16(24)10-18(25)21(15)30-20/h5-10,12-13H,11H2,1-4H3,(H,27,29)/b26-12-. The molecule has 1 aromatic heterocycles. The molecule has 5 nitrogen and oxygen atoms in total. The summed E-state index contributed by atoms with van der Waals surface area (Å²) in [6.07, 6.45) is 2.76. The Kier molecular flexibility index (Phi) is 5.53. The van der Waals surface area contributed by atoms with Crippen molar-refractivity contribution < 1.29 is 9.21 Å². The summed E-state index contributed by atoms with van der Waals surface area (Å²) >= 11 is 6.89. The highest BCUT2D eigenvalue weighted by atomic mass is 79.9. The molecule has 2 heterocycles. The Labute approximate surface area is 192 Å². The topological polar surface area (TPSA) is 57.8 Å². The first-order valence-corrected chi connectivity index (χ1v) is 11.3. The van der Waals surface area contributed by atoms with Gasteiger partial charge in [0, 0.05) is 28.1 Å². The first kappa shape index (κ1) is 21.1. The molecule has 7 heteroatoms. The number of hydrogen-bond donors (Lipinski definition) is 1. The molecule has 1 atom stereocenters. The van der Waals surface area contributed by atoms with Gasteiger partial charge in [-0.2, -0.15) is 5.10 Å².